The van der Waals surface area contributed by atoms with Crippen molar-refractivity contribution in [3.63, 3.8) is 0 Å². The third-order valence-electron chi connectivity index (χ3n) is 3.39. The summed E-state index contributed by atoms with van der Waals surface area (Å²) in [5, 5.41) is 4.18. The average Bonchev–Trinajstić information content (AvgIpc) is 2.85. The van der Waals surface area contributed by atoms with Gasteiger partial charge in [-0.2, -0.15) is 0 Å². The number of nitrogens with two attached hydrogens (primary N) is 1. The summed E-state index contributed by atoms with van der Waals surface area (Å²) in [5.74, 6) is 0. The molecule has 96 valence electrons. The van der Waals surface area contributed by atoms with Crippen LogP contribution in [-0.2, 0) is 0 Å². The standard InChI is InChI=1S/C16H14ClNS/c1-10-8-11(6-7-14(10)17)16(18)13-9-19-15-5-3-2-4-12(13)15/h2-9,16H,18H2,1H3. The molecule has 0 aliphatic carbocycles. The number of hydrogen-bond donors (Lipinski definition) is 1. The minimum absolute atomic E-state index is 0.105. The van der Waals surface area contributed by atoms with Gasteiger partial charge in [0, 0.05) is 9.72 Å². The Morgan fingerprint density at radius 2 is 1.95 bits per heavy atom. The van der Waals surface area contributed by atoms with E-state index in [-0.39, 0.29) is 6.04 Å². The third-order valence-corrected chi connectivity index (χ3v) is 4.79. The van der Waals surface area contributed by atoms with E-state index in [1.807, 2.05) is 19.1 Å². The number of hydrogen-bond acceptors (Lipinski definition) is 2. The zero-order valence-corrected chi connectivity index (χ0v) is 12.1. The van der Waals surface area contributed by atoms with Gasteiger partial charge in [-0.1, -0.05) is 41.9 Å². The van der Waals surface area contributed by atoms with Gasteiger partial charge >= 0.3 is 0 Å². The molecule has 1 nitrogen and oxygen atoms in total. The van der Waals surface area contributed by atoms with E-state index in [1.165, 1.54) is 15.6 Å². The van der Waals surface area contributed by atoms with Gasteiger partial charge < -0.3 is 5.73 Å². The van der Waals surface area contributed by atoms with E-state index >= 15 is 0 Å². The molecule has 1 unspecified atom stereocenters. The normalized spacial score (nSPS) is 12.8. The molecule has 19 heavy (non-hydrogen) atoms. The van der Waals surface area contributed by atoms with Gasteiger partial charge in [0.25, 0.3) is 0 Å². The van der Waals surface area contributed by atoms with Crippen molar-refractivity contribution in [2.75, 3.05) is 0 Å². The van der Waals surface area contributed by atoms with Crippen LogP contribution in [0.25, 0.3) is 10.1 Å². The van der Waals surface area contributed by atoms with Crippen molar-refractivity contribution in [2.45, 2.75) is 13.0 Å². The van der Waals surface area contributed by atoms with E-state index in [2.05, 4.69) is 35.7 Å². The first-order chi connectivity index (χ1) is 9.16. The number of halogens is 1. The number of fused-ring (bicyclic) bond motifs is 1. The molecule has 0 bridgehead atoms. The summed E-state index contributed by atoms with van der Waals surface area (Å²) < 4.78 is 1.28. The Hall–Kier alpha value is -1.35. The molecule has 2 aromatic carbocycles. The molecule has 1 heterocycles. The van der Waals surface area contributed by atoms with Crippen LogP contribution in [0.1, 0.15) is 22.7 Å². The Balaban J connectivity index is 2.08. The van der Waals surface area contributed by atoms with Crippen LogP contribution in [0.5, 0.6) is 0 Å². The maximum atomic E-state index is 6.41. The van der Waals surface area contributed by atoms with Crippen molar-refractivity contribution in [3.05, 3.63) is 69.6 Å². The molecular formula is C16H14ClNS. The van der Waals surface area contributed by atoms with Crippen molar-refractivity contribution in [1.29, 1.82) is 0 Å². The lowest BCUT2D eigenvalue weighted by Crippen LogP contribution is -2.11. The van der Waals surface area contributed by atoms with Gasteiger partial charge in [-0.3, -0.25) is 0 Å². The van der Waals surface area contributed by atoms with Crippen LogP contribution >= 0.6 is 22.9 Å². The predicted molar refractivity (Wildman–Crippen MR) is 84.0 cm³/mol. The van der Waals surface area contributed by atoms with Crippen LogP contribution in [0.2, 0.25) is 5.02 Å². The van der Waals surface area contributed by atoms with Gasteiger partial charge in [0.1, 0.15) is 0 Å². The van der Waals surface area contributed by atoms with E-state index in [9.17, 15) is 0 Å². The van der Waals surface area contributed by atoms with Crippen molar-refractivity contribution in [1.82, 2.24) is 0 Å². The highest BCUT2D eigenvalue weighted by molar-refractivity contribution is 7.17. The summed E-state index contributed by atoms with van der Waals surface area (Å²) in [6.45, 7) is 2.00. The number of aryl methyl sites for hydroxylation is 1. The highest BCUT2D eigenvalue weighted by Gasteiger charge is 2.14. The van der Waals surface area contributed by atoms with Crippen LogP contribution in [-0.4, -0.2) is 0 Å². The summed E-state index contributed by atoms with van der Waals surface area (Å²) in [5.41, 5.74) is 9.76. The highest BCUT2D eigenvalue weighted by Crippen LogP contribution is 2.33. The number of rotatable bonds is 2. The van der Waals surface area contributed by atoms with Crippen molar-refractivity contribution in [2.24, 2.45) is 5.73 Å². The van der Waals surface area contributed by atoms with Crippen LogP contribution in [0, 0.1) is 6.92 Å². The third kappa shape index (κ3) is 2.27. The molecule has 0 aliphatic rings. The smallest absolute Gasteiger partial charge is 0.0566 e. The lowest BCUT2D eigenvalue weighted by Gasteiger charge is -2.13. The molecule has 3 heteroatoms. The summed E-state index contributed by atoms with van der Waals surface area (Å²) in [6.07, 6.45) is 0. The van der Waals surface area contributed by atoms with Gasteiger partial charge in [-0.05, 0) is 46.5 Å². The molecule has 0 amide bonds. The van der Waals surface area contributed by atoms with E-state index in [1.54, 1.807) is 11.3 Å². The minimum atomic E-state index is -0.105. The highest BCUT2D eigenvalue weighted by atomic mass is 35.5. The first kappa shape index (κ1) is 12.7. The van der Waals surface area contributed by atoms with Gasteiger partial charge in [0.15, 0.2) is 0 Å². The summed E-state index contributed by atoms with van der Waals surface area (Å²) >= 11 is 7.80. The Bertz CT molecular complexity index is 732. The number of benzene rings is 2. The summed E-state index contributed by atoms with van der Waals surface area (Å²) in [6, 6.07) is 14.3. The first-order valence-electron chi connectivity index (χ1n) is 6.14. The summed E-state index contributed by atoms with van der Waals surface area (Å²) in [7, 11) is 0. The predicted octanol–water partition coefficient (Wildman–Crippen LogP) is 4.91. The fourth-order valence-corrected chi connectivity index (χ4v) is 3.40. The van der Waals surface area contributed by atoms with E-state index in [0.717, 1.165) is 16.1 Å². The van der Waals surface area contributed by atoms with Crippen LogP contribution < -0.4 is 5.73 Å². The van der Waals surface area contributed by atoms with Gasteiger partial charge in [0.05, 0.1) is 6.04 Å². The molecule has 0 aliphatic heterocycles. The molecular weight excluding hydrogens is 274 g/mol. The minimum Gasteiger partial charge on any atom is -0.320 e. The molecule has 0 saturated heterocycles. The second-order valence-corrected chi connectivity index (χ2v) is 5.99. The molecule has 2 N–H and O–H groups in total. The molecule has 3 rings (SSSR count). The Kier molecular flexibility index (Phi) is 3.31. The zero-order valence-electron chi connectivity index (χ0n) is 10.6. The van der Waals surface area contributed by atoms with Crippen LogP contribution in [0.4, 0.5) is 0 Å². The van der Waals surface area contributed by atoms with Crippen LogP contribution in [0.3, 0.4) is 0 Å². The number of thiophene rings is 1. The van der Waals surface area contributed by atoms with Crippen molar-refractivity contribution < 1.29 is 0 Å². The SMILES string of the molecule is Cc1cc(C(N)c2csc3ccccc23)ccc1Cl. The quantitative estimate of drug-likeness (QED) is 0.712. The monoisotopic (exact) mass is 287 g/mol. The molecule has 0 saturated carbocycles. The molecule has 1 atom stereocenters. The molecule has 0 spiro atoms. The lowest BCUT2D eigenvalue weighted by atomic mass is 9.98. The van der Waals surface area contributed by atoms with Gasteiger partial charge in [-0.15, -0.1) is 11.3 Å². The Morgan fingerprint density at radius 3 is 2.74 bits per heavy atom. The topological polar surface area (TPSA) is 26.0 Å². The van der Waals surface area contributed by atoms with Gasteiger partial charge in [-0.25, -0.2) is 0 Å². The van der Waals surface area contributed by atoms with Crippen molar-refractivity contribution in [3.8, 4) is 0 Å². The maximum Gasteiger partial charge on any atom is 0.0566 e. The van der Waals surface area contributed by atoms with E-state index in [4.69, 9.17) is 17.3 Å². The van der Waals surface area contributed by atoms with E-state index < -0.39 is 0 Å². The Morgan fingerprint density at radius 1 is 1.16 bits per heavy atom. The van der Waals surface area contributed by atoms with E-state index in [0.29, 0.717) is 0 Å². The second-order valence-electron chi connectivity index (χ2n) is 4.67. The van der Waals surface area contributed by atoms with Crippen molar-refractivity contribution >= 4 is 33.0 Å². The Labute approximate surface area is 121 Å². The van der Waals surface area contributed by atoms with Gasteiger partial charge in [0.2, 0.25) is 0 Å². The average molecular weight is 288 g/mol. The zero-order chi connectivity index (χ0) is 13.4. The molecule has 3 aromatic rings. The maximum absolute atomic E-state index is 6.41. The molecule has 0 radical (unpaired) electrons. The fourth-order valence-electron chi connectivity index (χ4n) is 2.28. The fraction of sp³-hybridized carbons (Fsp3) is 0.125. The lowest BCUT2D eigenvalue weighted by molar-refractivity contribution is 0.883. The second kappa shape index (κ2) is 4.97. The van der Waals surface area contributed by atoms with Crippen LogP contribution in [0.15, 0.2) is 47.8 Å². The largest absolute Gasteiger partial charge is 0.320 e. The molecule has 0 fully saturated rings. The summed E-state index contributed by atoms with van der Waals surface area (Å²) in [4.78, 5) is 0. The molecule has 1 aromatic heterocycles. The first-order valence-corrected chi connectivity index (χ1v) is 7.40.